The van der Waals surface area contributed by atoms with Gasteiger partial charge >= 0.3 is 0 Å². The van der Waals surface area contributed by atoms with Crippen LogP contribution in [0.5, 0.6) is 0 Å². The largest absolute Gasteiger partial charge is 0.354 e. The lowest BCUT2D eigenvalue weighted by Crippen LogP contribution is -2.52. The minimum atomic E-state index is -0.346. The quantitative estimate of drug-likeness (QED) is 0.737. The Labute approximate surface area is 127 Å². The van der Waals surface area contributed by atoms with Gasteiger partial charge < -0.3 is 15.5 Å². The Morgan fingerprint density at radius 2 is 1.95 bits per heavy atom. The molecule has 0 aromatic heterocycles. The topological polar surface area (TPSA) is 64.7 Å². The van der Waals surface area contributed by atoms with Crippen LogP contribution >= 0.6 is 0 Å². The van der Waals surface area contributed by atoms with E-state index in [1.54, 1.807) is 0 Å². The van der Waals surface area contributed by atoms with Crippen LogP contribution in [-0.2, 0) is 9.59 Å². The zero-order valence-corrected chi connectivity index (χ0v) is 13.1. The lowest BCUT2D eigenvalue weighted by molar-refractivity contribution is -0.129. The molecule has 0 spiro atoms. The van der Waals surface area contributed by atoms with Crippen LogP contribution in [0.3, 0.4) is 0 Å². The summed E-state index contributed by atoms with van der Waals surface area (Å²) in [6, 6.07) is -0.346. The first-order chi connectivity index (χ1) is 10.2. The number of piperazine rings is 1. The van der Waals surface area contributed by atoms with Gasteiger partial charge in [-0.05, 0) is 32.2 Å². The van der Waals surface area contributed by atoms with Crippen LogP contribution in [0.4, 0.5) is 0 Å². The van der Waals surface area contributed by atoms with E-state index in [0.717, 1.165) is 58.5 Å². The van der Waals surface area contributed by atoms with Crippen LogP contribution in [0.25, 0.3) is 0 Å². The Morgan fingerprint density at radius 3 is 2.67 bits per heavy atom. The molecular formula is C15H28N4O2. The molecule has 0 aromatic carbocycles. The van der Waals surface area contributed by atoms with Crippen LogP contribution in [0, 0.1) is 0 Å². The number of hydrogen-bond acceptors (Lipinski definition) is 4. The maximum Gasteiger partial charge on any atom is 0.242 e. The van der Waals surface area contributed by atoms with E-state index in [1.165, 1.54) is 6.42 Å². The molecule has 6 nitrogen and oxygen atoms in total. The van der Waals surface area contributed by atoms with E-state index < -0.39 is 0 Å². The first-order valence-corrected chi connectivity index (χ1v) is 8.21. The minimum Gasteiger partial charge on any atom is -0.354 e. The summed E-state index contributed by atoms with van der Waals surface area (Å²) >= 11 is 0. The summed E-state index contributed by atoms with van der Waals surface area (Å²) in [5.41, 5.74) is 0. The Bertz CT molecular complexity index is 354. The Morgan fingerprint density at radius 1 is 1.24 bits per heavy atom. The predicted octanol–water partition coefficient (Wildman–Crippen LogP) is -0.201. The molecule has 2 heterocycles. The highest BCUT2D eigenvalue weighted by molar-refractivity contribution is 5.88. The number of carbonyl (C=O) groups is 2. The van der Waals surface area contributed by atoms with Crippen LogP contribution in [0.15, 0.2) is 0 Å². The van der Waals surface area contributed by atoms with Crippen LogP contribution in [0.2, 0.25) is 0 Å². The van der Waals surface area contributed by atoms with E-state index in [4.69, 9.17) is 0 Å². The maximum absolute atomic E-state index is 12.1. The van der Waals surface area contributed by atoms with Crippen molar-refractivity contribution in [3.05, 3.63) is 0 Å². The van der Waals surface area contributed by atoms with Crippen molar-refractivity contribution in [1.82, 2.24) is 20.4 Å². The summed E-state index contributed by atoms with van der Waals surface area (Å²) in [5, 5.41) is 5.74. The van der Waals surface area contributed by atoms with Crippen molar-refractivity contribution in [2.24, 2.45) is 0 Å². The van der Waals surface area contributed by atoms with Crippen molar-refractivity contribution in [2.75, 3.05) is 45.8 Å². The summed E-state index contributed by atoms with van der Waals surface area (Å²) in [6.07, 6.45) is 3.91. The van der Waals surface area contributed by atoms with Crippen molar-refractivity contribution in [3.8, 4) is 0 Å². The fourth-order valence-electron chi connectivity index (χ4n) is 3.01. The van der Waals surface area contributed by atoms with Gasteiger partial charge in [0.15, 0.2) is 0 Å². The van der Waals surface area contributed by atoms with Gasteiger partial charge in [-0.1, -0.05) is 6.92 Å². The second kappa shape index (κ2) is 8.34. The normalized spacial score (nSPS) is 25.2. The first-order valence-electron chi connectivity index (χ1n) is 8.21. The number of hydrogen-bond donors (Lipinski definition) is 2. The minimum absolute atomic E-state index is 0.0269. The summed E-state index contributed by atoms with van der Waals surface area (Å²) in [7, 11) is 0. The van der Waals surface area contributed by atoms with E-state index in [1.807, 2.05) is 0 Å². The molecule has 0 bridgehead atoms. The zero-order chi connectivity index (χ0) is 15.1. The molecular weight excluding hydrogens is 268 g/mol. The van der Waals surface area contributed by atoms with Crippen molar-refractivity contribution in [2.45, 2.75) is 38.6 Å². The standard InChI is InChI=1S/C15H28N4O2/c1-2-7-18-8-10-19(11-9-18)12-14(20)17-13-5-3-4-6-16-15(13)21/h13H,2-12H2,1H3,(H,16,21)(H,17,20). The summed E-state index contributed by atoms with van der Waals surface area (Å²) in [5.74, 6) is -0.0605. The van der Waals surface area contributed by atoms with Gasteiger partial charge in [0.1, 0.15) is 6.04 Å². The molecule has 2 fully saturated rings. The highest BCUT2D eigenvalue weighted by atomic mass is 16.2. The monoisotopic (exact) mass is 296 g/mol. The molecule has 1 atom stereocenters. The molecule has 0 saturated carbocycles. The number of amides is 2. The molecule has 2 rings (SSSR count). The molecule has 2 aliphatic rings. The van der Waals surface area contributed by atoms with Gasteiger partial charge in [-0.15, -0.1) is 0 Å². The first kappa shape index (κ1) is 16.2. The van der Waals surface area contributed by atoms with E-state index in [2.05, 4.69) is 27.4 Å². The van der Waals surface area contributed by atoms with E-state index >= 15 is 0 Å². The van der Waals surface area contributed by atoms with Crippen LogP contribution in [-0.4, -0.2) is 73.5 Å². The van der Waals surface area contributed by atoms with Crippen LogP contribution < -0.4 is 10.6 Å². The molecule has 0 aliphatic carbocycles. The highest BCUT2D eigenvalue weighted by Gasteiger charge is 2.24. The average molecular weight is 296 g/mol. The lowest BCUT2D eigenvalue weighted by Gasteiger charge is -2.34. The van der Waals surface area contributed by atoms with Crippen molar-refractivity contribution in [1.29, 1.82) is 0 Å². The van der Waals surface area contributed by atoms with Crippen LogP contribution in [0.1, 0.15) is 32.6 Å². The van der Waals surface area contributed by atoms with Gasteiger partial charge in [-0.3, -0.25) is 14.5 Å². The second-order valence-electron chi connectivity index (χ2n) is 6.02. The number of nitrogens with one attached hydrogen (secondary N) is 2. The molecule has 1 unspecified atom stereocenters. The smallest absolute Gasteiger partial charge is 0.242 e. The Kier molecular flexibility index (Phi) is 6.45. The molecule has 0 aromatic rings. The second-order valence-corrected chi connectivity index (χ2v) is 6.02. The fraction of sp³-hybridized carbons (Fsp3) is 0.867. The van der Waals surface area contributed by atoms with Crippen molar-refractivity contribution in [3.63, 3.8) is 0 Å². The number of rotatable bonds is 5. The molecule has 2 saturated heterocycles. The third kappa shape index (κ3) is 5.28. The molecule has 120 valence electrons. The lowest BCUT2D eigenvalue weighted by atomic mass is 10.1. The average Bonchev–Trinajstić information content (AvgIpc) is 2.67. The van der Waals surface area contributed by atoms with Gasteiger partial charge in [0.05, 0.1) is 6.54 Å². The third-order valence-corrected chi connectivity index (χ3v) is 4.24. The van der Waals surface area contributed by atoms with Gasteiger partial charge in [0, 0.05) is 32.7 Å². The van der Waals surface area contributed by atoms with Gasteiger partial charge in [-0.2, -0.15) is 0 Å². The molecule has 0 radical (unpaired) electrons. The molecule has 2 amide bonds. The zero-order valence-electron chi connectivity index (χ0n) is 13.1. The predicted molar refractivity (Wildman–Crippen MR) is 82.0 cm³/mol. The third-order valence-electron chi connectivity index (χ3n) is 4.24. The Balaban J connectivity index is 1.71. The van der Waals surface area contributed by atoms with Crippen molar-refractivity contribution < 1.29 is 9.59 Å². The van der Waals surface area contributed by atoms with Gasteiger partial charge in [0.2, 0.25) is 11.8 Å². The molecule has 2 aliphatic heterocycles. The van der Waals surface area contributed by atoms with E-state index in [-0.39, 0.29) is 17.9 Å². The highest BCUT2D eigenvalue weighted by Crippen LogP contribution is 2.06. The maximum atomic E-state index is 12.1. The van der Waals surface area contributed by atoms with Crippen molar-refractivity contribution >= 4 is 11.8 Å². The number of carbonyl (C=O) groups excluding carboxylic acids is 2. The summed E-state index contributed by atoms with van der Waals surface area (Å²) < 4.78 is 0. The number of nitrogens with zero attached hydrogens (tertiary/aromatic N) is 2. The van der Waals surface area contributed by atoms with E-state index in [9.17, 15) is 9.59 Å². The fourth-order valence-corrected chi connectivity index (χ4v) is 3.01. The Hall–Kier alpha value is -1.14. The molecule has 21 heavy (non-hydrogen) atoms. The molecule has 2 N–H and O–H groups in total. The summed E-state index contributed by atoms with van der Waals surface area (Å²) in [4.78, 5) is 28.5. The van der Waals surface area contributed by atoms with Gasteiger partial charge in [-0.25, -0.2) is 0 Å². The summed E-state index contributed by atoms with van der Waals surface area (Å²) in [6.45, 7) is 8.40. The molecule has 6 heteroatoms. The van der Waals surface area contributed by atoms with E-state index in [0.29, 0.717) is 6.54 Å². The van der Waals surface area contributed by atoms with Gasteiger partial charge in [0.25, 0.3) is 0 Å². The SMILES string of the molecule is CCCN1CCN(CC(=O)NC2CCCCNC2=O)CC1.